The Morgan fingerprint density at radius 2 is 1.94 bits per heavy atom. The van der Waals surface area contributed by atoms with E-state index in [4.69, 9.17) is 20.8 Å². The van der Waals surface area contributed by atoms with Gasteiger partial charge >= 0.3 is 11.7 Å². The Labute approximate surface area is 187 Å². The fraction of sp³-hybridized carbons (Fsp3) is 0.200. The van der Waals surface area contributed by atoms with E-state index in [9.17, 15) is 22.4 Å². The monoisotopic (exact) mass is 483 g/mol. The van der Waals surface area contributed by atoms with Gasteiger partial charge in [-0.1, -0.05) is 23.7 Å². The van der Waals surface area contributed by atoms with Crippen molar-refractivity contribution in [3.05, 3.63) is 68.5 Å². The highest BCUT2D eigenvalue weighted by atomic mass is 35.5. The van der Waals surface area contributed by atoms with Crippen molar-refractivity contribution in [1.82, 2.24) is 10.0 Å². The molecule has 0 bridgehead atoms. The number of ether oxygens (including phenoxy) is 1. The second kappa shape index (κ2) is 9.55. The van der Waals surface area contributed by atoms with Gasteiger partial charge in [-0.05, 0) is 23.8 Å². The lowest BCUT2D eigenvalue weighted by Crippen LogP contribution is -2.26. The molecular formula is C20H19ClFN3O6S. The maximum absolute atomic E-state index is 14.0. The summed E-state index contributed by atoms with van der Waals surface area (Å²) in [6.07, 6.45) is -0.787. The van der Waals surface area contributed by atoms with E-state index in [0.717, 1.165) is 0 Å². The predicted octanol–water partition coefficient (Wildman–Crippen LogP) is 3.10. The summed E-state index contributed by atoms with van der Waals surface area (Å²) >= 11 is 6.16. The average Bonchev–Trinajstić information content (AvgIpc) is 2.75. The number of nitrogens with one attached hydrogen (secondary N) is 3. The molecule has 0 atom stereocenters. The van der Waals surface area contributed by atoms with E-state index >= 15 is 0 Å². The second-order valence-electron chi connectivity index (χ2n) is 6.59. The summed E-state index contributed by atoms with van der Waals surface area (Å²) in [5.74, 6) is -0.0521. The minimum Gasteiger partial charge on any atom is -0.422 e. The fourth-order valence-corrected chi connectivity index (χ4v) is 3.76. The van der Waals surface area contributed by atoms with Crippen molar-refractivity contribution in [1.29, 1.82) is 0 Å². The molecule has 0 aliphatic heterocycles. The van der Waals surface area contributed by atoms with Gasteiger partial charge in [-0.3, -0.25) is 4.72 Å². The average molecular weight is 484 g/mol. The van der Waals surface area contributed by atoms with Gasteiger partial charge in [0, 0.05) is 43.1 Å². The first-order chi connectivity index (χ1) is 15.2. The van der Waals surface area contributed by atoms with Crippen LogP contribution >= 0.6 is 11.6 Å². The molecule has 32 heavy (non-hydrogen) atoms. The number of benzene rings is 2. The Morgan fingerprint density at radius 3 is 2.59 bits per heavy atom. The maximum Gasteiger partial charge on any atom is 0.412 e. The van der Waals surface area contributed by atoms with Crippen molar-refractivity contribution >= 4 is 44.6 Å². The SMILES string of the molecule is CNC(=O)Oc1cc2oc(=O)c(Cc3cccc(NS(=O)(=O)NC)c3)c(CF)c2cc1Cl. The molecular weight excluding hydrogens is 465 g/mol. The molecule has 0 saturated heterocycles. The highest BCUT2D eigenvalue weighted by Crippen LogP contribution is 2.33. The summed E-state index contributed by atoms with van der Waals surface area (Å²) in [5, 5.41) is 2.54. The Morgan fingerprint density at radius 1 is 1.19 bits per heavy atom. The molecule has 1 aromatic heterocycles. The molecule has 3 rings (SSSR count). The van der Waals surface area contributed by atoms with Crippen LogP contribution in [-0.4, -0.2) is 28.6 Å². The first kappa shape index (κ1) is 23.5. The van der Waals surface area contributed by atoms with E-state index in [2.05, 4.69) is 14.8 Å². The number of alkyl halides is 1. The number of anilines is 1. The van der Waals surface area contributed by atoms with Crippen molar-refractivity contribution in [2.75, 3.05) is 18.8 Å². The van der Waals surface area contributed by atoms with E-state index in [-0.39, 0.29) is 45.0 Å². The number of fused-ring (bicyclic) bond motifs is 1. The van der Waals surface area contributed by atoms with Gasteiger partial charge in [0.15, 0.2) is 5.75 Å². The molecule has 0 radical (unpaired) electrons. The molecule has 3 aromatic rings. The van der Waals surface area contributed by atoms with E-state index < -0.39 is 28.6 Å². The molecule has 0 spiro atoms. The van der Waals surface area contributed by atoms with Crippen LogP contribution in [0.25, 0.3) is 11.0 Å². The van der Waals surface area contributed by atoms with Crippen molar-refractivity contribution < 1.29 is 26.8 Å². The smallest absolute Gasteiger partial charge is 0.412 e. The van der Waals surface area contributed by atoms with E-state index in [0.29, 0.717) is 5.56 Å². The minimum absolute atomic E-state index is 0.00485. The van der Waals surface area contributed by atoms with Gasteiger partial charge in [-0.2, -0.15) is 8.42 Å². The van der Waals surface area contributed by atoms with Gasteiger partial charge in [0.25, 0.3) is 10.2 Å². The molecule has 1 heterocycles. The summed E-state index contributed by atoms with van der Waals surface area (Å²) in [4.78, 5) is 24.1. The van der Waals surface area contributed by atoms with Crippen LogP contribution in [0.5, 0.6) is 5.75 Å². The van der Waals surface area contributed by atoms with Gasteiger partial charge in [-0.15, -0.1) is 0 Å². The normalized spacial score (nSPS) is 11.4. The highest BCUT2D eigenvalue weighted by molar-refractivity contribution is 7.90. The van der Waals surface area contributed by atoms with Gasteiger partial charge in [0.05, 0.1) is 10.7 Å². The second-order valence-corrected chi connectivity index (χ2v) is 8.61. The molecule has 1 amide bonds. The fourth-order valence-electron chi connectivity index (χ4n) is 3.02. The van der Waals surface area contributed by atoms with Gasteiger partial charge < -0.3 is 14.5 Å². The van der Waals surface area contributed by atoms with E-state index in [1.807, 2.05) is 0 Å². The molecule has 0 fully saturated rings. The Hall–Kier alpha value is -3.15. The van der Waals surface area contributed by atoms with Crippen LogP contribution in [0.4, 0.5) is 14.9 Å². The third-order valence-electron chi connectivity index (χ3n) is 4.54. The molecule has 12 heteroatoms. The zero-order chi connectivity index (χ0) is 23.5. The van der Waals surface area contributed by atoms with Gasteiger partial charge in [-0.25, -0.2) is 18.7 Å². The number of hydrogen-bond donors (Lipinski definition) is 3. The zero-order valence-corrected chi connectivity index (χ0v) is 18.6. The minimum atomic E-state index is -3.73. The van der Waals surface area contributed by atoms with Crippen LogP contribution in [0.3, 0.4) is 0 Å². The van der Waals surface area contributed by atoms with Gasteiger partial charge in [0.1, 0.15) is 12.3 Å². The number of hydrogen-bond acceptors (Lipinski definition) is 6. The molecule has 0 saturated carbocycles. The highest BCUT2D eigenvalue weighted by Gasteiger charge is 2.19. The standard InChI is InChI=1S/C20H19ClFN3O6S/c1-23-20(27)31-18-9-17-13(8-16(18)21)15(10-22)14(19(26)30-17)7-11-4-3-5-12(6-11)25-32(28,29)24-2/h3-6,8-9,24-25H,7,10H2,1-2H3,(H,23,27). The summed E-state index contributed by atoms with van der Waals surface area (Å²) < 4.78 is 52.2. The van der Waals surface area contributed by atoms with Crippen LogP contribution < -0.4 is 25.1 Å². The number of carbonyl (C=O) groups excluding carboxylic acids is 1. The molecule has 2 aromatic carbocycles. The first-order valence-corrected chi connectivity index (χ1v) is 11.1. The first-order valence-electron chi connectivity index (χ1n) is 9.21. The van der Waals surface area contributed by atoms with Crippen LogP contribution in [0.1, 0.15) is 16.7 Å². The third kappa shape index (κ3) is 5.18. The lowest BCUT2D eigenvalue weighted by Gasteiger charge is -2.12. The van der Waals surface area contributed by atoms with Crippen molar-refractivity contribution in [3.8, 4) is 5.75 Å². The molecule has 9 nitrogen and oxygen atoms in total. The van der Waals surface area contributed by atoms with Crippen LogP contribution in [0.2, 0.25) is 5.02 Å². The van der Waals surface area contributed by atoms with Crippen LogP contribution in [-0.2, 0) is 23.3 Å². The predicted molar refractivity (Wildman–Crippen MR) is 118 cm³/mol. The van der Waals surface area contributed by atoms with Crippen LogP contribution in [0, 0.1) is 0 Å². The third-order valence-corrected chi connectivity index (χ3v) is 5.88. The quantitative estimate of drug-likeness (QED) is 0.443. The summed E-state index contributed by atoms with van der Waals surface area (Å²) in [6, 6.07) is 8.91. The number of carbonyl (C=O) groups is 1. The zero-order valence-electron chi connectivity index (χ0n) is 17.0. The lowest BCUT2D eigenvalue weighted by molar-refractivity contribution is 0.203. The Bertz CT molecular complexity index is 1340. The molecule has 0 unspecified atom stereocenters. The number of rotatable bonds is 7. The molecule has 170 valence electrons. The molecule has 0 aliphatic carbocycles. The van der Waals surface area contributed by atoms with Crippen molar-refractivity contribution in [2.45, 2.75) is 13.1 Å². The summed E-state index contributed by atoms with van der Waals surface area (Å²) in [7, 11) is -1.10. The Kier molecular flexibility index (Phi) is 7.02. The van der Waals surface area contributed by atoms with E-state index in [1.54, 1.807) is 12.1 Å². The van der Waals surface area contributed by atoms with E-state index in [1.165, 1.54) is 38.4 Å². The van der Waals surface area contributed by atoms with Crippen LogP contribution in [0.15, 0.2) is 45.6 Å². The Balaban J connectivity index is 2.04. The molecule has 0 aliphatic rings. The molecule has 3 N–H and O–H groups in total. The topological polar surface area (TPSA) is 127 Å². The summed E-state index contributed by atoms with van der Waals surface area (Å²) in [6.45, 7) is -0.977. The lowest BCUT2D eigenvalue weighted by atomic mass is 9.99. The maximum atomic E-state index is 14.0. The largest absolute Gasteiger partial charge is 0.422 e. The number of amides is 1. The number of halogens is 2. The van der Waals surface area contributed by atoms with Crippen molar-refractivity contribution in [3.63, 3.8) is 0 Å². The van der Waals surface area contributed by atoms with Gasteiger partial charge in [0.2, 0.25) is 0 Å². The van der Waals surface area contributed by atoms with Crippen molar-refractivity contribution in [2.24, 2.45) is 0 Å². The summed E-state index contributed by atoms with van der Waals surface area (Å²) in [5.41, 5.74) is 0.177.